The average Bonchev–Trinajstić information content (AvgIpc) is 2.84. The van der Waals surface area contributed by atoms with Gasteiger partial charge in [0.2, 0.25) is 0 Å². The van der Waals surface area contributed by atoms with Gasteiger partial charge in [0, 0.05) is 36.3 Å². The molecule has 31 heavy (non-hydrogen) atoms. The van der Waals surface area contributed by atoms with Crippen LogP contribution in [0.25, 0.3) is 0 Å². The third-order valence-corrected chi connectivity index (χ3v) is 4.72. The Morgan fingerprint density at radius 2 is 1.45 bits per heavy atom. The second-order valence-electron chi connectivity index (χ2n) is 6.80. The Labute approximate surface area is 180 Å². The topological polar surface area (TPSA) is 84.0 Å². The van der Waals surface area contributed by atoms with Gasteiger partial charge in [0.05, 0.1) is 11.3 Å². The Kier molecular flexibility index (Phi) is 6.09. The molecule has 152 valence electrons. The summed E-state index contributed by atoms with van der Waals surface area (Å²) < 4.78 is 0. The van der Waals surface area contributed by atoms with Crippen LogP contribution in [0.2, 0.25) is 0 Å². The van der Waals surface area contributed by atoms with Crippen molar-refractivity contribution in [3.05, 3.63) is 120 Å². The van der Waals surface area contributed by atoms with Crippen molar-refractivity contribution < 1.29 is 9.59 Å². The van der Waals surface area contributed by atoms with E-state index in [1.54, 1.807) is 67.1 Å². The normalized spacial score (nSPS) is 10.3. The Hall–Kier alpha value is -4.32. The number of anilines is 2. The molecular weight excluding hydrogens is 388 g/mol. The number of ketones is 1. The Bertz CT molecular complexity index is 1190. The van der Waals surface area contributed by atoms with Gasteiger partial charge in [0.1, 0.15) is 5.82 Å². The number of rotatable bonds is 7. The van der Waals surface area contributed by atoms with E-state index in [2.05, 4.69) is 20.6 Å². The minimum absolute atomic E-state index is 0.154. The number of amides is 1. The Balaban J connectivity index is 1.55. The van der Waals surface area contributed by atoms with Crippen LogP contribution in [0.5, 0.6) is 0 Å². The summed E-state index contributed by atoms with van der Waals surface area (Å²) in [7, 11) is 0. The van der Waals surface area contributed by atoms with Gasteiger partial charge in [-0.25, -0.2) is 4.98 Å². The monoisotopic (exact) mass is 408 g/mol. The number of carbonyl (C=O) groups excluding carboxylic acids is 2. The number of nitrogens with zero attached hydrogens (tertiary/aromatic N) is 2. The largest absolute Gasteiger partial charge is 0.365 e. The van der Waals surface area contributed by atoms with Gasteiger partial charge in [-0.05, 0) is 42.0 Å². The molecule has 2 N–H and O–H groups in total. The van der Waals surface area contributed by atoms with E-state index in [4.69, 9.17) is 0 Å². The van der Waals surface area contributed by atoms with E-state index in [0.717, 1.165) is 5.56 Å². The van der Waals surface area contributed by atoms with Gasteiger partial charge in [-0.15, -0.1) is 0 Å². The molecule has 0 radical (unpaired) electrons. The summed E-state index contributed by atoms with van der Waals surface area (Å²) in [5.41, 5.74) is 2.84. The van der Waals surface area contributed by atoms with Gasteiger partial charge in [-0.2, -0.15) is 0 Å². The van der Waals surface area contributed by atoms with E-state index in [-0.39, 0.29) is 11.7 Å². The summed E-state index contributed by atoms with van der Waals surface area (Å²) in [4.78, 5) is 34.3. The van der Waals surface area contributed by atoms with E-state index in [1.165, 1.54) is 0 Å². The lowest BCUT2D eigenvalue weighted by Crippen LogP contribution is -2.17. The first-order valence-electron chi connectivity index (χ1n) is 9.80. The number of carbonyl (C=O) groups is 2. The van der Waals surface area contributed by atoms with Crippen molar-refractivity contribution in [1.29, 1.82) is 0 Å². The lowest BCUT2D eigenvalue weighted by Gasteiger charge is -2.13. The van der Waals surface area contributed by atoms with Crippen LogP contribution in [0.1, 0.15) is 31.8 Å². The van der Waals surface area contributed by atoms with Crippen molar-refractivity contribution in [2.75, 3.05) is 10.6 Å². The van der Waals surface area contributed by atoms with E-state index in [0.29, 0.717) is 34.7 Å². The second-order valence-corrected chi connectivity index (χ2v) is 6.80. The zero-order chi connectivity index (χ0) is 21.5. The lowest BCUT2D eigenvalue weighted by molar-refractivity contribution is 0.102. The minimum atomic E-state index is -0.348. The number of pyridine rings is 2. The molecule has 6 heteroatoms. The molecule has 0 spiro atoms. The maximum Gasteiger partial charge on any atom is 0.259 e. The molecule has 0 saturated carbocycles. The number of para-hydroxylation sites is 1. The van der Waals surface area contributed by atoms with Gasteiger partial charge in [0.25, 0.3) is 5.91 Å². The molecule has 4 aromatic rings. The highest BCUT2D eigenvalue weighted by molar-refractivity contribution is 6.16. The molecular formula is C25H20N4O2. The molecule has 2 heterocycles. The van der Waals surface area contributed by atoms with E-state index in [9.17, 15) is 9.59 Å². The summed E-state index contributed by atoms with van der Waals surface area (Å²) >= 11 is 0. The van der Waals surface area contributed by atoms with Gasteiger partial charge in [-0.1, -0.05) is 42.5 Å². The van der Waals surface area contributed by atoms with Gasteiger partial charge >= 0.3 is 0 Å². The molecule has 0 fully saturated rings. The predicted octanol–water partition coefficient (Wildman–Crippen LogP) is 4.57. The van der Waals surface area contributed by atoms with Crippen molar-refractivity contribution >= 4 is 23.2 Å². The number of hydrogen-bond acceptors (Lipinski definition) is 5. The van der Waals surface area contributed by atoms with Crippen LogP contribution in [0.4, 0.5) is 11.5 Å². The molecule has 0 aliphatic heterocycles. The SMILES string of the molecule is O=C(c1ccccc1)c1ccccc1NC(=O)c1cccnc1NCc1ccncc1. The zero-order valence-corrected chi connectivity index (χ0v) is 16.7. The Morgan fingerprint density at radius 1 is 0.742 bits per heavy atom. The van der Waals surface area contributed by atoms with Crippen molar-refractivity contribution in [3.63, 3.8) is 0 Å². The fraction of sp³-hybridized carbons (Fsp3) is 0.0400. The number of aromatic nitrogens is 2. The fourth-order valence-electron chi connectivity index (χ4n) is 3.14. The first kappa shape index (κ1) is 20.0. The summed E-state index contributed by atoms with van der Waals surface area (Å²) in [6.45, 7) is 0.503. The Morgan fingerprint density at radius 3 is 2.26 bits per heavy atom. The molecule has 0 aliphatic rings. The number of nitrogens with one attached hydrogen (secondary N) is 2. The summed E-state index contributed by atoms with van der Waals surface area (Å²) in [5, 5.41) is 6.06. The molecule has 0 bridgehead atoms. The van der Waals surface area contributed by atoms with Crippen molar-refractivity contribution in [2.24, 2.45) is 0 Å². The smallest absolute Gasteiger partial charge is 0.259 e. The average molecular weight is 408 g/mol. The zero-order valence-electron chi connectivity index (χ0n) is 16.7. The van der Waals surface area contributed by atoms with E-state index >= 15 is 0 Å². The van der Waals surface area contributed by atoms with Crippen LogP contribution in [0.15, 0.2) is 97.5 Å². The highest BCUT2D eigenvalue weighted by Gasteiger charge is 2.17. The number of hydrogen-bond donors (Lipinski definition) is 2. The first-order valence-corrected chi connectivity index (χ1v) is 9.80. The molecule has 0 atom stereocenters. The number of benzene rings is 2. The highest BCUT2D eigenvalue weighted by Crippen LogP contribution is 2.21. The molecule has 0 aliphatic carbocycles. The molecule has 6 nitrogen and oxygen atoms in total. The standard InChI is InChI=1S/C25H20N4O2/c30-23(19-7-2-1-3-8-19)20-9-4-5-11-22(20)29-25(31)21-10-6-14-27-24(21)28-17-18-12-15-26-16-13-18/h1-16H,17H2,(H,27,28)(H,29,31). The minimum Gasteiger partial charge on any atom is -0.365 e. The third kappa shape index (κ3) is 4.82. The summed E-state index contributed by atoms with van der Waals surface area (Å²) in [6.07, 6.45) is 5.05. The molecule has 2 aromatic heterocycles. The van der Waals surface area contributed by atoms with Crippen LogP contribution < -0.4 is 10.6 Å². The molecule has 0 saturated heterocycles. The summed E-state index contributed by atoms with van der Waals surface area (Å²) in [5.74, 6) is -0.0407. The van der Waals surface area contributed by atoms with Gasteiger partial charge in [0.15, 0.2) is 5.78 Å². The van der Waals surface area contributed by atoms with Gasteiger partial charge < -0.3 is 10.6 Å². The maximum absolute atomic E-state index is 13.0. The van der Waals surface area contributed by atoms with Crippen LogP contribution in [-0.4, -0.2) is 21.7 Å². The molecule has 4 rings (SSSR count). The predicted molar refractivity (Wildman–Crippen MR) is 120 cm³/mol. The van der Waals surface area contributed by atoms with E-state index < -0.39 is 0 Å². The van der Waals surface area contributed by atoms with Crippen molar-refractivity contribution in [1.82, 2.24) is 9.97 Å². The third-order valence-electron chi connectivity index (χ3n) is 4.72. The highest BCUT2D eigenvalue weighted by atomic mass is 16.2. The molecule has 1 amide bonds. The van der Waals surface area contributed by atoms with Crippen LogP contribution in [0.3, 0.4) is 0 Å². The van der Waals surface area contributed by atoms with Crippen LogP contribution >= 0.6 is 0 Å². The fourth-order valence-corrected chi connectivity index (χ4v) is 3.14. The summed E-state index contributed by atoms with van der Waals surface area (Å²) in [6, 6.07) is 23.1. The van der Waals surface area contributed by atoms with Crippen LogP contribution in [0, 0.1) is 0 Å². The van der Waals surface area contributed by atoms with Crippen molar-refractivity contribution in [3.8, 4) is 0 Å². The first-order chi connectivity index (χ1) is 15.2. The van der Waals surface area contributed by atoms with E-state index in [1.807, 2.05) is 30.3 Å². The molecule has 2 aromatic carbocycles. The van der Waals surface area contributed by atoms with Crippen molar-refractivity contribution in [2.45, 2.75) is 6.54 Å². The van der Waals surface area contributed by atoms with Gasteiger partial charge in [-0.3, -0.25) is 14.6 Å². The maximum atomic E-state index is 13.0. The quantitative estimate of drug-likeness (QED) is 0.438. The second kappa shape index (κ2) is 9.45. The van der Waals surface area contributed by atoms with Crippen LogP contribution in [-0.2, 0) is 6.54 Å². The lowest BCUT2D eigenvalue weighted by atomic mass is 10.0. The molecule has 0 unspecified atom stereocenters.